The van der Waals surface area contributed by atoms with E-state index in [-0.39, 0.29) is 0 Å². The van der Waals surface area contributed by atoms with Crippen LogP contribution in [-0.2, 0) is 4.74 Å². The van der Waals surface area contributed by atoms with Gasteiger partial charge in [0.25, 0.3) is 0 Å². The van der Waals surface area contributed by atoms with Gasteiger partial charge < -0.3 is 10.1 Å². The zero-order chi connectivity index (χ0) is 10.3. The average molecular weight is 187 g/mol. The minimum Gasteiger partial charge on any atom is -0.383 e. The molecule has 0 bridgehead atoms. The number of hydrogen-bond acceptors (Lipinski definition) is 2. The Bertz CT molecular complexity index is 113. The molecule has 0 heterocycles. The summed E-state index contributed by atoms with van der Waals surface area (Å²) in [5.74, 6) is 0.791. The Morgan fingerprint density at radius 3 is 2.08 bits per heavy atom. The Morgan fingerprint density at radius 2 is 1.69 bits per heavy atom. The van der Waals surface area contributed by atoms with E-state index < -0.39 is 0 Å². The molecule has 2 atom stereocenters. The molecule has 2 unspecified atom stereocenters. The summed E-state index contributed by atoms with van der Waals surface area (Å²) in [7, 11) is 1.75. The van der Waals surface area contributed by atoms with E-state index in [9.17, 15) is 0 Å². The van der Waals surface area contributed by atoms with Gasteiger partial charge in [-0.1, -0.05) is 26.7 Å². The SMILES string of the molecule is CCC(CC)C(C)NC(C)COC. The lowest BCUT2D eigenvalue weighted by atomic mass is 9.95. The Hall–Kier alpha value is -0.0800. The molecule has 0 radical (unpaired) electrons. The fourth-order valence-electron chi connectivity index (χ4n) is 1.88. The first-order valence-corrected chi connectivity index (χ1v) is 5.40. The first-order valence-electron chi connectivity index (χ1n) is 5.40. The quantitative estimate of drug-likeness (QED) is 0.661. The highest BCUT2D eigenvalue weighted by atomic mass is 16.5. The molecular formula is C11H25NO. The Labute approximate surface area is 83.1 Å². The highest BCUT2D eigenvalue weighted by Crippen LogP contribution is 2.12. The van der Waals surface area contributed by atoms with E-state index in [1.807, 2.05) is 0 Å². The molecule has 2 heteroatoms. The van der Waals surface area contributed by atoms with Crippen LogP contribution >= 0.6 is 0 Å². The second-order valence-corrected chi connectivity index (χ2v) is 3.89. The third-order valence-electron chi connectivity index (χ3n) is 2.72. The van der Waals surface area contributed by atoms with E-state index in [2.05, 4.69) is 33.0 Å². The van der Waals surface area contributed by atoms with E-state index in [4.69, 9.17) is 4.74 Å². The fraction of sp³-hybridized carbons (Fsp3) is 1.00. The van der Waals surface area contributed by atoms with Crippen LogP contribution in [0.2, 0.25) is 0 Å². The Kier molecular flexibility index (Phi) is 7.29. The van der Waals surface area contributed by atoms with Crippen molar-refractivity contribution >= 4 is 0 Å². The van der Waals surface area contributed by atoms with Crippen LogP contribution in [0.3, 0.4) is 0 Å². The fourth-order valence-corrected chi connectivity index (χ4v) is 1.88. The first kappa shape index (κ1) is 12.9. The van der Waals surface area contributed by atoms with Crippen molar-refractivity contribution in [2.75, 3.05) is 13.7 Å². The number of ether oxygens (including phenoxy) is 1. The van der Waals surface area contributed by atoms with Crippen LogP contribution in [0.25, 0.3) is 0 Å². The Balaban J connectivity index is 3.75. The first-order chi connectivity index (χ1) is 6.15. The summed E-state index contributed by atoms with van der Waals surface area (Å²) in [5, 5.41) is 3.56. The molecule has 0 rings (SSSR count). The Morgan fingerprint density at radius 1 is 1.15 bits per heavy atom. The molecule has 0 spiro atoms. The molecule has 0 aromatic heterocycles. The van der Waals surface area contributed by atoms with Gasteiger partial charge in [-0.2, -0.15) is 0 Å². The maximum absolute atomic E-state index is 5.09. The van der Waals surface area contributed by atoms with Crippen molar-refractivity contribution in [2.24, 2.45) is 5.92 Å². The lowest BCUT2D eigenvalue weighted by Gasteiger charge is -2.26. The van der Waals surface area contributed by atoms with Gasteiger partial charge in [-0.25, -0.2) is 0 Å². The van der Waals surface area contributed by atoms with Crippen LogP contribution in [0.4, 0.5) is 0 Å². The van der Waals surface area contributed by atoms with E-state index in [1.165, 1.54) is 12.8 Å². The summed E-state index contributed by atoms with van der Waals surface area (Å²) >= 11 is 0. The van der Waals surface area contributed by atoms with Gasteiger partial charge in [0.05, 0.1) is 6.61 Å². The van der Waals surface area contributed by atoms with Crippen molar-refractivity contribution in [1.29, 1.82) is 0 Å². The van der Waals surface area contributed by atoms with Gasteiger partial charge >= 0.3 is 0 Å². The zero-order valence-corrected chi connectivity index (χ0v) is 9.76. The van der Waals surface area contributed by atoms with E-state index in [0.29, 0.717) is 12.1 Å². The standard InChI is InChI=1S/C11H25NO/c1-6-11(7-2)10(4)12-9(3)8-13-5/h9-12H,6-8H2,1-5H3. The summed E-state index contributed by atoms with van der Waals surface area (Å²) in [6.07, 6.45) is 2.51. The number of hydrogen-bond donors (Lipinski definition) is 1. The van der Waals surface area contributed by atoms with Gasteiger partial charge in [0.2, 0.25) is 0 Å². The maximum atomic E-state index is 5.09. The average Bonchev–Trinajstić information content (AvgIpc) is 2.06. The molecule has 0 amide bonds. The summed E-state index contributed by atoms with van der Waals surface area (Å²) in [5.41, 5.74) is 0. The lowest BCUT2D eigenvalue weighted by Crippen LogP contribution is -2.41. The molecule has 0 aromatic rings. The van der Waals surface area contributed by atoms with Gasteiger partial charge in [0.15, 0.2) is 0 Å². The smallest absolute Gasteiger partial charge is 0.0613 e. The molecule has 2 nitrogen and oxygen atoms in total. The second kappa shape index (κ2) is 7.34. The number of methoxy groups -OCH3 is 1. The summed E-state index contributed by atoms with van der Waals surface area (Å²) in [6.45, 7) is 9.75. The van der Waals surface area contributed by atoms with Crippen molar-refractivity contribution in [3.8, 4) is 0 Å². The van der Waals surface area contributed by atoms with E-state index in [0.717, 1.165) is 12.5 Å². The lowest BCUT2D eigenvalue weighted by molar-refractivity contribution is 0.160. The van der Waals surface area contributed by atoms with Crippen molar-refractivity contribution in [3.63, 3.8) is 0 Å². The highest BCUT2D eigenvalue weighted by Gasteiger charge is 2.14. The zero-order valence-electron chi connectivity index (χ0n) is 9.76. The minimum atomic E-state index is 0.459. The van der Waals surface area contributed by atoms with Crippen LogP contribution < -0.4 is 5.32 Å². The van der Waals surface area contributed by atoms with E-state index in [1.54, 1.807) is 7.11 Å². The van der Waals surface area contributed by atoms with Gasteiger partial charge in [0.1, 0.15) is 0 Å². The minimum absolute atomic E-state index is 0.459. The van der Waals surface area contributed by atoms with Gasteiger partial charge in [-0.3, -0.25) is 0 Å². The van der Waals surface area contributed by atoms with Crippen molar-refractivity contribution in [3.05, 3.63) is 0 Å². The molecular weight excluding hydrogens is 162 g/mol. The molecule has 1 N–H and O–H groups in total. The summed E-state index contributed by atoms with van der Waals surface area (Å²) in [6, 6.07) is 1.06. The normalized spacial score (nSPS) is 16.2. The molecule has 0 aromatic carbocycles. The van der Waals surface area contributed by atoms with Crippen LogP contribution in [0.15, 0.2) is 0 Å². The van der Waals surface area contributed by atoms with Crippen molar-refractivity contribution < 1.29 is 4.74 Å². The molecule has 0 saturated heterocycles. The predicted octanol–water partition coefficient (Wildman–Crippen LogP) is 2.44. The topological polar surface area (TPSA) is 21.3 Å². The van der Waals surface area contributed by atoms with Crippen LogP contribution in [0.1, 0.15) is 40.5 Å². The predicted molar refractivity (Wildman–Crippen MR) is 58.0 cm³/mol. The second-order valence-electron chi connectivity index (χ2n) is 3.89. The highest BCUT2D eigenvalue weighted by molar-refractivity contribution is 4.73. The van der Waals surface area contributed by atoms with Crippen molar-refractivity contribution in [1.82, 2.24) is 5.32 Å². The monoisotopic (exact) mass is 187 g/mol. The van der Waals surface area contributed by atoms with Gasteiger partial charge in [0, 0.05) is 19.2 Å². The van der Waals surface area contributed by atoms with Gasteiger partial charge in [-0.05, 0) is 19.8 Å². The maximum Gasteiger partial charge on any atom is 0.0613 e. The van der Waals surface area contributed by atoms with E-state index >= 15 is 0 Å². The molecule has 0 saturated carbocycles. The summed E-state index contributed by atoms with van der Waals surface area (Å²) < 4.78 is 5.09. The van der Waals surface area contributed by atoms with Crippen LogP contribution in [0.5, 0.6) is 0 Å². The third kappa shape index (κ3) is 5.27. The molecule has 0 aliphatic rings. The molecule has 0 fully saturated rings. The summed E-state index contributed by atoms with van der Waals surface area (Å²) in [4.78, 5) is 0. The number of nitrogens with one attached hydrogen (secondary N) is 1. The third-order valence-corrected chi connectivity index (χ3v) is 2.72. The van der Waals surface area contributed by atoms with Crippen LogP contribution in [0, 0.1) is 5.92 Å². The molecule has 0 aliphatic carbocycles. The van der Waals surface area contributed by atoms with Crippen LogP contribution in [-0.4, -0.2) is 25.8 Å². The van der Waals surface area contributed by atoms with Crippen molar-refractivity contribution in [2.45, 2.75) is 52.6 Å². The largest absolute Gasteiger partial charge is 0.383 e. The molecule has 13 heavy (non-hydrogen) atoms. The number of rotatable bonds is 7. The van der Waals surface area contributed by atoms with Gasteiger partial charge in [-0.15, -0.1) is 0 Å². The molecule has 0 aliphatic heterocycles. The molecule has 80 valence electrons.